The summed E-state index contributed by atoms with van der Waals surface area (Å²) in [4.78, 5) is 12.5. The van der Waals surface area contributed by atoms with Gasteiger partial charge in [-0.1, -0.05) is 6.92 Å². The molecule has 2 heterocycles. The lowest BCUT2D eigenvalue weighted by molar-refractivity contribution is 0.379. The molecule has 0 amide bonds. The molecule has 0 aliphatic rings. The molecular formula is C14H21N5O. The number of hydrogen-bond donors (Lipinski definition) is 1. The number of nitrogens with zero attached hydrogens (tertiary/aromatic N) is 4. The molecular weight excluding hydrogens is 254 g/mol. The molecule has 0 saturated heterocycles. The van der Waals surface area contributed by atoms with Gasteiger partial charge in [-0.3, -0.25) is 0 Å². The third-order valence-electron chi connectivity index (χ3n) is 3.06. The van der Waals surface area contributed by atoms with Crippen molar-refractivity contribution in [2.24, 2.45) is 0 Å². The van der Waals surface area contributed by atoms with E-state index in [1.54, 1.807) is 19.5 Å². The third kappa shape index (κ3) is 4.03. The number of imidazole rings is 1. The van der Waals surface area contributed by atoms with E-state index in [9.17, 15) is 0 Å². The van der Waals surface area contributed by atoms with E-state index in [1.165, 1.54) is 0 Å². The fourth-order valence-electron chi connectivity index (χ4n) is 2.00. The molecule has 0 fully saturated rings. The average Bonchev–Trinajstić information content (AvgIpc) is 2.95. The summed E-state index contributed by atoms with van der Waals surface area (Å²) in [7, 11) is 1.56. The van der Waals surface area contributed by atoms with E-state index >= 15 is 0 Å². The van der Waals surface area contributed by atoms with Crippen molar-refractivity contribution >= 4 is 0 Å². The van der Waals surface area contributed by atoms with Gasteiger partial charge in [0.25, 0.3) is 0 Å². The number of ether oxygens (including phenoxy) is 1. The Morgan fingerprint density at radius 3 is 2.75 bits per heavy atom. The smallest absolute Gasteiger partial charge is 0.316 e. The first-order valence-corrected chi connectivity index (χ1v) is 6.89. The number of aryl methyl sites for hydroxylation is 2. The molecule has 2 aromatic heterocycles. The second-order valence-electron chi connectivity index (χ2n) is 4.50. The minimum atomic E-state index is 0.404. The van der Waals surface area contributed by atoms with Crippen LogP contribution in [0.5, 0.6) is 6.01 Å². The van der Waals surface area contributed by atoms with Crippen LogP contribution in [0.1, 0.15) is 24.7 Å². The molecule has 0 atom stereocenters. The Kier molecular flexibility index (Phi) is 5.49. The van der Waals surface area contributed by atoms with Gasteiger partial charge in [0.2, 0.25) is 0 Å². The minimum absolute atomic E-state index is 0.404. The topological polar surface area (TPSA) is 64.9 Å². The quantitative estimate of drug-likeness (QED) is 0.738. The van der Waals surface area contributed by atoms with Crippen LogP contribution in [-0.4, -0.2) is 33.2 Å². The Balaban J connectivity index is 1.66. The summed E-state index contributed by atoms with van der Waals surface area (Å²) >= 11 is 0. The highest BCUT2D eigenvalue weighted by atomic mass is 16.5. The summed E-state index contributed by atoms with van der Waals surface area (Å²) in [5.74, 6) is 1.15. The van der Waals surface area contributed by atoms with Gasteiger partial charge in [-0.15, -0.1) is 0 Å². The maximum Gasteiger partial charge on any atom is 0.316 e. The van der Waals surface area contributed by atoms with Gasteiger partial charge in [0.1, 0.15) is 5.82 Å². The highest BCUT2D eigenvalue weighted by Gasteiger charge is 2.00. The number of aromatic nitrogens is 4. The maximum atomic E-state index is 4.92. The van der Waals surface area contributed by atoms with Gasteiger partial charge in [-0.2, -0.15) is 0 Å². The van der Waals surface area contributed by atoms with E-state index in [0.717, 1.165) is 43.9 Å². The molecule has 0 saturated carbocycles. The first kappa shape index (κ1) is 14.5. The van der Waals surface area contributed by atoms with Crippen LogP contribution >= 0.6 is 0 Å². The zero-order chi connectivity index (χ0) is 14.2. The van der Waals surface area contributed by atoms with Gasteiger partial charge in [0, 0.05) is 49.9 Å². The summed E-state index contributed by atoms with van der Waals surface area (Å²) in [6.45, 7) is 4.85. The lowest BCUT2D eigenvalue weighted by Gasteiger charge is -2.07. The fourth-order valence-corrected chi connectivity index (χ4v) is 2.00. The van der Waals surface area contributed by atoms with Gasteiger partial charge < -0.3 is 14.6 Å². The van der Waals surface area contributed by atoms with Crippen molar-refractivity contribution < 1.29 is 4.74 Å². The number of hydrogen-bond acceptors (Lipinski definition) is 5. The largest absolute Gasteiger partial charge is 0.467 e. The summed E-state index contributed by atoms with van der Waals surface area (Å²) in [5.41, 5.74) is 1.06. The van der Waals surface area contributed by atoms with Crippen LogP contribution < -0.4 is 10.1 Å². The zero-order valence-corrected chi connectivity index (χ0v) is 12.0. The van der Waals surface area contributed by atoms with E-state index in [2.05, 4.69) is 31.8 Å². The fraction of sp³-hybridized carbons (Fsp3) is 0.500. The number of rotatable bonds is 8. The Morgan fingerprint density at radius 1 is 1.25 bits per heavy atom. The van der Waals surface area contributed by atoms with Gasteiger partial charge in [0.05, 0.1) is 7.11 Å². The maximum absolute atomic E-state index is 4.92. The second kappa shape index (κ2) is 7.59. The monoisotopic (exact) mass is 275 g/mol. The predicted octanol–water partition coefficient (Wildman–Crippen LogP) is 1.42. The van der Waals surface area contributed by atoms with Gasteiger partial charge in [-0.25, -0.2) is 15.0 Å². The molecule has 0 radical (unpaired) electrons. The summed E-state index contributed by atoms with van der Waals surface area (Å²) in [5, 5.41) is 3.38. The van der Waals surface area contributed by atoms with Crippen LogP contribution in [0.15, 0.2) is 24.8 Å². The standard InChI is InChI=1S/C14H21N5O/c1-3-13-16-6-8-19(13)7-4-5-15-9-12-10-17-14(20-2)18-11-12/h6,8,10-11,15H,3-5,7,9H2,1-2H3. The van der Waals surface area contributed by atoms with Crippen LogP contribution in [0.4, 0.5) is 0 Å². The molecule has 0 aromatic carbocycles. The van der Waals surface area contributed by atoms with Crippen LogP contribution in [0.25, 0.3) is 0 Å². The van der Waals surface area contributed by atoms with Crippen LogP contribution in [0.2, 0.25) is 0 Å². The lowest BCUT2D eigenvalue weighted by Crippen LogP contribution is -2.17. The molecule has 20 heavy (non-hydrogen) atoms. The summed E-state index contributed by atoms with van der Waals surface area (Å²) < 4.78 is 7.13. The van der Waals surface area contributed by atoms with E-state index < -0.39 is 0 Å². The third-order valence-corrected chi connectivity index (χ3v) is 3.06. The Labute approximate surface area is 119 Å². The number of methoxy groups -OCH3 is 1. The molecule has 0 aliphatic carbocycles. The zero-order valence-electron chi connectivity index (χ0n) is 12.0. The Morgan fingerprint density at radius 2 is 2.05 bits per heavy atom. The van der Waals surface area contributed by atoms with Crippen molar-refractivity contribution in [1.82, 2.24) is 24.8 Å². The van der Waals surface area contributed by atoms with E-state index in [0.29, 0.717) is 6.01 Å². The molecule has 0 bridgehead atoms. The average molecular weight is 275 g/mol. The number of nitrogens with one attached hydrogen (secondary N) is 1. The lowest BCUT2D eigenvalue weighted by atomic mass is 10.3. The molecule has 0 aliphatic heterocycles. The van der Waals surface area contributed by atoms with Gasteiger partial charge in [-0.05, 0) is 13.0 Å². The molecule has 108 valence electrons. The van der Waals surface area contributed by atoms with Crippen molar-refractivity contribution in [3.05, 3.63) is 36.2 Å². The van der Waals surface area contributed by atoms with E-state index in [-0.39, 0.29) is 0 Å². The Hall–Kier alpha value is -1.95. The van der Waals surface area contributed by atoms with Crippen molar-refractivity contribution in [3.8, 4) is 6.01 Å². The Bertz CT molecular complexity index is 509. The molecule has 0 spiro atoms. The minimum Gasteiger partial charge on any atom is -0.467 e. The van der Waals surface area contributed by atoms with Crippen molar-refractivity contribution in [3.63, 3.8) is 0 Å². The van der Waals surface area contributed by atoms with E-state index in [4.69, 9.17) is 4.74 Å². The van der Waals surface area contributed by atoms with Crippen molar-refractivity contribution in [1.29, 1.82) is 0 Å². The summed E-state index contributed by atoms with van der Waals surface area (Å²) in [6, 6.07) is 0.404. The van der Waals surface area contributed by atoms with Gasteiger partial charge in [0.15, 0.2) is 0 Å². The molecule has 2 aromatic rings. The van der Waals surface area contributed by atoms with Crippen LogP contribution in [-0.2, 0) is 19.5 Å². The first-order valence-electron chi connectivity index (χ1n) is 6.89. The first-order chi connectivity index (χ1) is 9.83. The molecule has 2 rings (SSSR count). The van der Waals surface area contributed by atoms with E-state index in [1.807, 2.05) is 12.4 Å². The molecule has 6 heteroatoms. The second-order valence-corrected chi connectivity index (χ2v) is 4.50. The molecule has 0 unspecified atom stereocenters. The van der Waals surface area contributed by atoms with Crippen molar-refractivity contribution in [2.75, 3.05) is 13.7 Å². The normalized spacial score (nSPS) is 10.7. The highest BCUT2D eigenvalue weighted by molar-refractivity contribution is 5.06. The molecule has 6 nitrogen and oxygen atoms in total. The SMILES string of the molecule is CCc1nccn1CCCNCc1cnc(OC)nc1. The summed E-state index contributed by atoms with van der Waals surface area (Å²) in [6.07, 6.45) is 9.51. The van der Waals surface area contributed by atoms with Crippen LogP contribution in [0.3, 0.4) is 0 Å². The predicted molar refractivity (Wildman–Crippen MR) is 76.5 cm³/mol. The van der Waals surface area contributed by atoms with Crippen molar-refractivity contribution in [2.45, 2.75) is 32.9 Å². The van der Waals surface area contributed by atoms with Gasteiger partial charge >= 0.3 is 6.01 Å². The highest BCUT2D eigenvalue weighted by Crippen LogP contribution is 2.02. The van der Waals surface area contributed by atoms with Crippen LogP contribution in [0, 0.1) is 0 Å². The molecule has 1 N–H and O–H groups in total.